The van der Waals surface area contributed by atoms with Gasteiger partial charge < -0.3 is 9.64 Å². The average molecular weight is 383 g/mol. The molecule has 1 atom stereocenters. The van der Waals surface area contributed by atoms with Crippen molar-refractivity contribution in [1.29, 1.82) is 0 Å². The van der Waals surface area contributed by atoms with E-state index in [1.165, 1.54) is 21.8 Å². The summed E-state index contributed by atoms with van der Waals surface area (Å²) < 4.78 is 28.6. The van der Waals surface area contributed by atoms with E-state index in [2.05, 4.69) is 0 Å². The molecule has 0 radical (unpaired) electrons. The van der Waals surface area contributed by atoms with Gasteiger partial charge >= 0.3 is 5.97 Å². The molecule has 2 aliphatic carbocycles. The number of aryl methyl sites for hydroxylation is 2. The van der Waals surface area contributed by atoms with E-state index >= 15 is 0 Å². The molecule has 0 aromatic carbocycles. The van der Waals surface area contributed by atoms with Crippen LogP contribution in [0.1, 0.15) is 45.8 Å². The molecule has 0 bridgehead atoms. The molecule has 2 fully saturated rings. The lowest BCUT2D eigenvalue weighted by Gasteiger charge is -2.28. The lowest BCUT2D eigenvalue weighted by Crippen LogP contribution is -2.44. The van der Waals surface area contributed by atoms with Crippen LogP contribution in [-0.2, 0) is 32.2 Å². The van der Waals surface area contributed by atoms with Crippen molar-refractivity contribution in [2.75, 3.05) is 18.1 Å². The van der Waals surface area contributed by atoms with Gasteiger partial charge in [0, 0.05) is 17.0 Å². The highest BCUT2D eigenvalue weighted by molar-refractivity contribution is 7.91. The summed E-state index contributed by atoms with van der Waals surface area (Å²) in [6, 6.07) is 1.71. The lowest BCUT2D eigenvalue weighted by molar-refractivity contribution is -0.137. The summed E-state index contributed by atoms with van der Waals surface area (Å²) >= 11 is 1.46. The fourth-order valence-corrected chi connectivity index (χ4v) is 6.61. The molecule has 1 saturated carbocycles. The van der Waals surface area contributed by atoms with E-state index in [4.69, 9.17) is 4.74 Å². The molecule has 0 unspecified atom stereocenters. The topological polar surface area (TPSA) is 80.8 Å². The Morgan fingerprint density at radius 2 is 2.00 bits per heavy atom. The number of carbonyl (C=O) groups is 2. The Balaban J connectivity index is 1.37. The Bertz CT molecular complexity index is 788. The second-order valence-electron chi connectivity index (χ2n) is 7.08. The molecule has 0 N–H and O–H groups in total. The van der Waals surface area contributed by atoms with Gasteiger partial charge in [0.15, 0.2) is 16.4 Å². The maximum Gasteiger partial charge on any atom is 0.348 e. The number of ether oxygens (including phenoxy) is 1. The van der Waals surface area contributed by atoms with Crippen molar-refractivity contribution in [3.8, 4) is 0 Å². The molecule has 0 spiro atoms. The number of rotatable bonds is 5. The highest BCUT2D eigenvalue weighted by Gasteiger charge is 2.42. The van der Waals surface area contributed by atoms with Gasteiger partial charge in [-0.2, -0.15) is 0 Å². The summed E-state index contributed by atoms with van der Waals surface area (Å²) in [5.41, 5.74) is 1.22. The van der Waals surface area contributed by atoms with Crippen molar-refractivity contribution in [3.05, 3.63) is 21.4 Å². The molecule has 1 saturated heterocycles. The summed E-state index contributed by atoms with van der Waals surface area (Å²) in [6.45, 7) is -0.311. The Hall–Kier alpha value is -1.41. The molecule has 1 aromatic heterocycles. The van der Waals surface area contributed by atoms with Gasteiger partial charge in [-0.15, -0.1) is 11.3 Å². The van der Waals surface area contributed by atoms with Crippen LogP contribution < -0.4 is 0 Å². The van der Waals surface area contributed by atoms with Gasteiger partial charge in [-0.25, -0.2) is 13.2 Å². The number of fused-ring (bicyclic) bond motifs is 1. The van der Waals surface area contributed by atoms with Crippen molar-refractivity contribution < 1.29 is 22.7 Å². The monoisotopic (exact) mass is 383 g/mol. The molecule has 136 valence electrons. The fraction of sp³-hybridized carbons (Fsp3) is 0.647. The number of carbonyl (C=O) groups excluding carboxylic acids is 2. The predicted molar refractivity (Wildman–Crippen MR) is 93.6 cm³/mol. The molecule has 1 amide bonds. The van der Waals surface area contributed by atoms with Crippen molar-refractivity contribution >= 4 is 33.1 Å². The molecule has 6 nitrogen and oxygen atoms in total. The standard InChI is InChI=1S/C17H21NO5S2/c19-16(18(12-4-5-12)13-6-7-25(21,22)10-13)9-23-17(20)15-8-11-2-1-3-14(11)24-15/h8,12-13H,1-7,9-10H2/t13-/m0/s1. The summed E-state index contributed by atoms with van der Waals surface area (Å²) in [6.07, 6.45) is 5.43. The third-order valence-corrected chi connectivity index (χ3v) is 8.07. The molecular formula is C17H21NO5S2. The lowest BCUT2D eigenvalue weighted by atomic mass is 10.2. The Morgan fingerprint density at radius 3 is 2.64 bits per heavy atom. The molecule has 8 heteroatoms. The smallest absolute Gasteiger partial charge is 0.348 e. The minimum atomic E-state index is -3.05. The fourth-order valence-electron chi connectivity index (χ4n) is 3.76. The number of amides is 1. The quantitative estimate of drug-likeness (QED) is 0.721. The Morgan fingerprint density at radius 1 is 1.20 bits per heavy atom. The van der Waals surface area contributed by atoms with E-state index in [0.717, 1.165) is 32.1 Å². The van der Waals surface area contributed by atoms with Gasteiger partial charge in [0.05, 0.1) is 11.5 Å². The molecular weight excluding hydrogens is 362 g/mol. The number of thiophene rings is 1. The van der Waals surface area contributed by atoms with E-state index in [9.17, 15) is 18.0 Å². The summed E-state index contributed by atoms with van der Waals surface area (Å²) in [5.74, 6) is -0.570. The van der Waals surface area contributed by atoms with Crippen LogP contribution in [-0.4, -0.2) is 55.4 Å². The average Bonchev–Trinajstić information content (AvgIpc) is 2.98. The van der Waals surface area contributed by atoms with Crippen LogP contribution in [0.2, 0.25) is 0 Å². The zero-order chi connectivity index (χ0) is 17.6. The SMILES string of the molecule is O=C(OCC(=O)N(C1CC1)[C@H]1CCS(=O)(=O)C1)c1cc2c(s1)CCC2. The Kier molecular flexibility index (Phi) is 4.35. The first-order valence-electron chi connectivity index (χ1n) is 8.73. The van der Waals surface area contributed by atoms with Crippen molar-refractivity contribution in [2.45, 2.75) is 50.6 Å². The molecule has 2 heterocycles. The van der Waals surface area contributed by atoms with E-state index < -0.39 is 15.8 Å². The number of nitrogens with zero attached hydrogens (tertiary/aromatic N) is 1. The zero-order valence-electron chi connectivity index (χ0n) is 13.9. The van der Waals surface area contributed by atoms with Gasteiger partial charge in [-0.3, -0.25) is 4.79 Å². The van der Waals surface area contributed by atoms with Crippen LogP contribution >= 0.6 is 11.3 Å². The van der Waals surface area contributed by atoms with E-state index in [0.29, 0.717) is 11.3 Å². The van der Waals surface area contributed by atoms with E-state index in [1.54, 1.807) is 4.90 Å². The van der Waals surface area contributed by atoms with Gasteiger partial charge in [0.2, 0.25) is 0 Å². The maximum absolute atomic E-state index is 12.6. The van der Waals surface area contributed by atoms with E-state index in [1.807, 2.05) is 6.07 Å². The molecule has 3 aliphatic rings. The molecule has 25 heavy (non-hydrogen) atoms. The van der Waals surface area contributed by atoms with Crippen LogP contribution in [0.5, 0.6) is 0 Å². The van der Waals surface area contributed by atoms with Gasteiger partial charge in [-0.1, -0.05) is 0 Å². The second kappa shape index (κ2) is 6.39. The largest absolute Gasteiger partial charge is 0.451 e. The normalized spacial score (nSPS) is 24.1. The first-order chi connectivity index (χ1) is 11.9. The number of sulfone groups is 1. The number of esters is 1. The second-order valence-corrected chi connectivity index (χ2v) is 10.4. The minimum absolute atomic E-state index is 0.0286. The van der Waals surface area contributed by atoms with Crippen molar-refractivity contribution in [2.24, 2.45) is 0 Å². The molecule has 4 rings (SSSR count). The van der Waals surface area contributed by atoms with Crippen molar-refractivity contribution in [3.63, 3.8) is 0 Å². The zero-order valence-corrected chi connectivity index (χ0v) is 15.5. The third kappa shape index (κ3) is 3.60. The summed E-state index contributed by atoms with van der Waals surface area (Å²) in [7, 11) is -3.05. The highest BCUT2D eigenvalue weighted by atomic mass is 32.2. The predicted octanol–water partition coefficient (Wildman–Crippen LogP) is 1.57. The van der Waals surface area contributed by atoms with Crippen LogP contribution in [0.25, 0.3) is 0 Å². The highest BCUT2D eigenvalue weighted by Crippen LogP contribution is 2.33. The van der Waals surface area contributed by atoms with Crippen LogP contribution in [0.4, 0.5) is 0 Å². The van der Waals surface area contributed by atoms with Crippen LogP contribution in [0.15, 0.2) is 6.07 Å². The molecule has 1 aliphatic heterocycles. The van der Waals surface area contributed by atoms with Gasteiger partial charge in [-0.05, 0) is 50.2 Å². The van der Waals surface area contributed by atoms with Crippen LogP contribution in [0.3, 0.4) is 0 Å². The van der Waals surface area contributed by atoms with E-state index in [-0.39, 0.29) is 36.1 Å². The van der Waals surface area contributed by atoms with Gasteiger partial charge in [0.25, 0.3) is 5.91 Å². The first kappa shape index (κ1) is 17.0. The van der Waals surface area contributed by atoms with Crippen LogP contribution in [0, 0.1) is 0 Å². The van der Waals surface area contributed by atoms with Crippen molar-refractivity contribution in [1.82, 2.24) is 4.90 Å². The Labute approximate surface area is 151 Å². The maximum atomic E-state index is 12.6. The molecule has 1 aromatic rings. The summed E-state index contributed by atoms with van der Waals surface area (Å²) in [5, 5.41) is 0. The number of hydrogen-bond acceptors (Lipinski definition) is 6. The number of hydrogen-bond donors (Lipinski definition) is 0. The summed E-state index contributed by atoms with van der Waals surface area (Å²) in [4.78, 5) is 28.2. The minimum Gasteiger partial charge on any atom is -0.451 e. The first-order valence-corrected chi connectivity index (χ1v) is 11.4. The van der Waals surface area contributed by atoms with Gasteiger partial charge in [0.1, 0.15) is 4.88 Å². The third-order valence-electron chi connectivity index (χ3n) is 5.10.